The Hall–Kier alpha value is -2.73. The Morgan fingerprint density at radius 2 is 1.87 bits per heavy atom. The number of benzene rings is 2. The van der Waals surface area contributed by atoms with Crippen LogP contribution in [-0.4, -0.2) is 32.3 Å². The molecule has 1 saturated carbocycles. The normalized spacial score (nSPS) is 19.4. The van der Waals surface area contributed by atoms with Crippen LogP contribution >= 0.6 is 0 Å². The first-order valence-corrected chi connectivity index (χ1v) is 11.0. The molecule has 0 bridgehead atoms. The highest BCUT2D eigenvalue weighted by Gasteiger charge is 2.19. The Kier molecular flexibility index (Phi) is 8.18. The molecule has 0 aliphatic heterocycles. The van der Waals surface area contributed by atoms with Crippen molar-refractivity contribution in [3.63, 3.8) is 0 Å². The summed E-state index contributed by atoms with van der Waals surface area (Å²) in [6.07, 6.45) is 5.20. The van der Waals surface area contributed by atoms with Gasteiger partial charge in [0.2, 0.25) is 5.91 Å². The monoisotopic (exact) mass is 426 g/mol. The fourth-order valence-corrected chi connectivity index (χ4v) is 3.97. The van der Waals surface area contributed by atoms with E-state index in [9.17, 15) is 4.79 Å². The molecule has 1 aliphatic carbocycles. The van der Waals surface area contributed by atoms with Crippen LogP contribution in [0.4, 0.5) is 11.4 Å². The highest BCUT2D eigenvalue weighted by molar-refractivity contribution is 5.96. The van der Waals surface area contributed by atoms with Crippen LogP contribution in [0.2, 0.25) is 0 Å². The Balaban J connectivity index is 1.54. The molecule has 0 heterocycles. The molecule has 1 fully saturated rings. The van der Waals surface area contributed by atoms with Crippen LogP contribution in [0.15, 0.2) is 42.5 Å². The van der Waals surface area contributed by atoms with Gasteiger partial charge in [0.05, 0.1) is 26.9 Å². The van der Waals surface area contributed by atoms with Crippen LogP contribution in [0.3, 0.4) is 0 Å². The summed E-state index contributed by atoms with van der Waals surface area (Å²) in [4.78, 5) is 12.6. The molecule has 0 saturated heterocycles. The molecule has 1 aliphatic rings. The maximum atomic E-state index is 12.6. The molecule has 6 heteroatoms. The lowest BCUT2D eigenvalue weighted by molar-refractivity contribution is -0.116. The molecule has 6 nitrogen and oxygen atoms in total. The quantitative estimate of drug-likeness (QED) is 0.574. The van der Waals surface area contributed by atoms with Gasteiger partial charge in [-0.1, -0.05) is 31.9 Å². The highest BCUT2D eigenvalue weighted by atomic mass is 16.5. The van der Waals surface area contributed by atoms with Crippen molar-refractivity contribution in [2.75, 3.05) is 24.9 Å². The second-order valence-corrected chi connectivity index (χ2v) is 8.33. The van der Waals surface area contributed by atoms with E-state index in [4.69, 9.17) is 14.2 Å². The zero-order chi connectivity index (χ0) is 22.2. The average Bonchev–Trinajstić information content (AvgIpc) is 2.78. The van der Waals surface area contributed by atoms with E-state index in [0.29, 0.717) is 29.9 Å². The lowest BCUT2D eigenvalue weighted by Gasteiger charge is -2.26. The van der Waals surface area contributed by atoms with Crippen molar-refractivity contribution < 1.29 is 19.0 Å². The van der Waals surface area contributed by atoms with Gasteiger partial charge in [-0.3, -0.25) is 4.79 Å². The number of carbonyl (C=O) groups excluding carboxylic acids is 1. The summed E-state index contributed by atoms with van der Waals surface area (Å²) in [5.41, 5.74) is 2.66. The van der Waals surface area contributed by atoms with Gasteiger partial charge in [-0.25, -0.2) is 0 Å². The molecule has 1 amide bonds. The topological polar surface area (TPSA) is 68.8 Å². The van der Waals surface area contributed by atoms with Crippen LogP contribution in [-0.2, 0) is 16.1 Å². The van der Waals surface area contributed by atoms with E-state index in [1.165, 1.54) is 12.8 Å². The van der Waals surface area contributed by atoms with Crippen molar-refractivity contribution >= 4 is 17.3 Å². The first-order valence-electron chi connectivity index (χ1n) is 11.0. The lowest BCUT2D eigenvalue weighted by Crippen LogP contribution is -2.31. The van der Waals surface area contributed by atoms with Crippen molar-refractivity contribution in [3.05, 3.63) is 48.0 Å². The summed E-state index contributed by atoms with van der Waals surface area (Å²) in [5.74, 6) is 1.80. The maximum Gasteiger partial charge on any atom is 0.246 e. The Bertz CT molecular complexity index is 870. The minimum Gasteiger partial charge on any atom is -0.493 e. The molecule has 2 N–H and O–H groups in total. The molecule has 31 heavy (non-hydrogen) atoms. The smallest absolute Gasteiger partial charge is 0.246 e. The van der Waals surface area contributed by atoms with Gasteiger partial charge < -0.3 is 24.8 Å². The van der Waals surface area contributed by atoms with Gasteiger partial charge in [-0.05, 0) is 55.5 Å². The van der Waals surface area contributed by atoms with E-state index in [1.54, 1.807) is 32.4 Å². The molecule has 2 aromatic carbocycles. The van der Waals surface area contributed by atoms with E-state index in [1.807, 2.05) is 25.1 Å². The first kappa shape index (κ1) is 22.9. The predicted molar refractivity (Wildman–Crippen MR) is 124 cm³/mol. The molecule has 2 aromatic rings. The van der Waals surface area contributed by atoms with Crippen molar-refractivity contribution in [2.45, 2.75) is 58.3 Å². The minimum absolute atomic E-state index is 0.134. The van der Waals surface area contributed by atoms with Crippen molar-refractivity contribution in [1.29, 1.82) is 0 Å². The van der Waals surface area contributed by atoms with Gasteiger partial charge in [-0.2, -0.15) is 0 Å². The van der Waals surface area contributed by atoms with Gasteiger partial charge in [0.1, 0.15) is 6.04 Å². The largest absolute Gasteiger partial charge is 0.493 e. The van der Waals surface area contributed by atoms with Gasteiger partial charge in [0.15, 0.2) is 11.5 Å². The van der Waals surface area contributed by atoms with E-state index in [0.717, 1.165) is 30.0 Å². The molecule has 168 valence electrons. The summed E-state index contributed by atoms with van der Waals surface area (Å²) in [7, 11) is 3.15. The van der Waals surface area contributed by atoms with Gasteiger partial charge in [0, 0.05) is 17.4 Å². The van der Waals surface area contributed by atoms with E-state index >= 15 is 0 Å². The summed E-state index contributed by atoms with van der Waals surface area (Å²) < 4.78 is 16.7. The second-order valence-electron chi connectivity index (χ2n) is 8.33. The van der Waals surface area contributed by atoms with E-state index in [2.05, 4.69) is 23.6 Å². The third kappa shape index (κ3) is 6.62. The zero-order valence-corrected chi connectivity index (χ0v) is 18.9. The fraction of sp³-hybridized carbons (Fsp3) is 0.480. The molecule has 0 aromatic heterocycles. The number of hydrogen-bond donors (Lipinski definition) is 2. The number of carbonyl (C=O) groups is 1. The van der Waals surface area contributed by atoms with Crippen LogP contribution < -0.4 is 20.1 Å². The summed E-state index contributed by atoms with van der Waals surface area (Å²) in [6.45, 7) is 4.73. The standard InChI is InChI=1S/C25H34N2O4/c1-17-7-5-10-22(13-17)31-16-19-8-6-9-20(14-19)26-18(2)25(28)27-21-11-12-23(29-3)24(15-21)30-4/h6,8-9,11-12,14-15,17-18,22,26H,5,7,10,13,16H2,1-4H3,(H,27,28). The number of nitrogens with one attached hydrogen (secondary N) is 2. The van der Waals surface area contributed by atoms with Crippen LogP contribution in [0.25, 0.3) is 0 Å². The molecule has 3 rings (SSSR count). The average molecular weight is 427 g/mol. The molecule has 0 radical (unpaired) electrons. The number of methoxy groups -OCH3 is 2. The number of rotatable bonds is 9. The Labute approximate surface area is 185 Å². The lowest BCUT2D eigenvalue weighted by atomic mass is 9.89. The number of amides is 1. The Morgan fingerprint density at radius 3 is 2.61 bits per heavy atom. The minimum atomic E-state index is -0.413. The summed E-state index contributed by atoms with van der Waals surface area (Å²) >= 11 is 0. The predicted octanol–water partition coefficient (Wildman–Crippen LogP) is 5.24. The molecule has 0 spiro atoms. The number of ether oxygens (including phenoxy) is 3. The summed E-state index contributed by atoms with van der Waals surface area (Å²) in [5, 5.41) is 6.19. The fourth-order valence-electron chi connectivity index (χ4n) is 3.97. The van der Waals surface area contributed by atoms with Gasteiger partial charge in [-0.15, -0.1) is 0 Å². The molecule has 3 atom stereocenters. The van der Waals surface area contributed by atoms with Crippen LogP contribution in [0.1, 0.15) is 45.1 Å². The molecular weight excluding hydrogens is 392 g/mol. The second kappa shape index (κ2) is 11.0. The SMILES string of the molecule is COc1ccc(NC(=O)C(C)Nc2cccc(COC3CCCC(C)C3)c2)cc1OC. The third-order valence-electron chi connectivity index (χ3n) is 5.73. The molecular formula is C25H34N2O4. The van der Waals surface area contributed by atoms with Gasteiger partial charge >= 0.3 is 0 Å². The van der Waals surface area contributed by atoms with Gasteiger partial charge in [0.25, 0.3) is 0 Å². The highest BCUT2D eigenvalue weighted by Crippen LogP contribution is 2.30. The number of hydrogen-bond acceptors (Lipinski definition) is 5. The third-order valence-corrected chi connectivity index (χ3v) is 5.73. The maximum absolute atomic E-state index is 12.6. The van der Waals surface area contributed by atoms with E-state index < -0.39 is 6.04 Å². The van der Waals surface area contributed by atoms with Crippen LogP contribution in [0.5, 0.6) is 11.5 Å². The van der Waals surface area contributed by atoms with Crippen molar-refractivity contribution in [2.24, 2.45) is 5.92 Å². The summed E-state index contributed by atoms with van der Waals surface area (Å²) in [6, 6.07) is 12.9. The van der Waals surface area contributed by atoms with Crippen molar-refractivity contribution in [3.8, 4) is 11.5 Å². The van der Waals surface area contributed by atoms with Crippen LogP contribution in [0, 0.1) is 5.92 Å². The Morgan fingerprint density at radius 1 is 1.06 bits per heavy atom. The molecule has 3 unspecified atom stereocenters. The van der Waals surface area contributed by atoms with E-state index in [-0.39, 0.29) is 5.91 Å². The number of anilines is 2. The first-order chi connectivity index (χ1) is 15.0. The van der Waals surface area contributed by atoms with Crippen molar-refractivity contribution in [1.82, 2.24) is 0 Å². The zero-order valence-electron chi connectivity index (χ0n) is 18.9.